The van der Waals surface area contributed by atoms with Crippen LogP contribution in [-0.4, -0.2) is 47.4 Å². The summed E-state index contributed by atoms with van der Waals surface area (Å²) in [6.45, 7) is 6.90. The Morgan fingerprint density at radius 1 is 1.29 bits per heavy atom. The minimum absolute atomic E-state index is 0. The van der Waals surface area contributed by atoms with Gasteiger partial charge in [-0.15, -0.1) is 0 Å². The van der Waals surface area contributed by atoms with Crippen LogP contribution in [0.2, 0.25) is 0 Å². The predicted molar refractivity (Wildman–Crippen MR) is 126 cm³/mol. The molecule has 0 aliphatic carbocycles. The Morgan fingerprint density at radius 2 is 2.19 bits per heavy atom. The van der Waals surface area contributed by atoms with Gasteiger partial charge >= 0.3 is 0 Å². The zero-order chi connectivity index (χ0) is 20.6. The van der Waals surface area contributed by atoms with Crippen molar-refractivity contribution in [3.8, 4) is 22.9 Å². The Bertz CT molecular complexity index is 1100. The minimum atomic E-state index is 0. The van der Waals surface area contributed by atoms with Crippen LogP contribution in [0.5, 0.6) is 5.75 Å². The summed E-state index contributed by atoms with van der Waals surface area (Å²) >= 11 is 0. The molecule has 5 rings (SSSR count). The number of nitrogens with zero attached hydrogens (tertiary/aromatic N) is 5. The van der Waals surface area contributed by atoms with E-state index >= 15 is 0 Å². The Balaban J connectivity index is 0.00000231. The van der Waals surface area contributed by atoms with Crippen LogP contribution in [0.4, 0.5) is 5.82 Å². The highest BCUT2D eigenvalue weighted by Crippen LogP contribution is 2.38. The fourth-order valence-electron chi connectivity index (χ4n) is 4.89. The van der Waals surface area contributed by atoms with Gasteiger partial charge in [0.15, 0.2) is 0 Å². The maximum absolute atomic E-state index is 9.52. The molecule has 31 heavy (non-hydrogen) atoms. The largest absolute Gasteiger partial charge is 0.492 e. The summed E-state index contributed by atoms with van der Waals surface area (Å²) in [5.41, 5.74) is 3.59. The highest BCUT2D eigenvalue weighted by atomic mass is 32.1. The number of rotatable bonds is 4. The highest BCUT2D eigenvalue weighted by molar-refractivity contribution is 7.59. The zero-order valence-corrected chi connectivity index (χ0v) is 18.8. The van der Waals surface area contributed by atoms with E-state index in [0.717, 1.165) is 54.4 Å². The van der Waals surface area contributed by atoms with E-state index in [1.165, 1.54) is 19.3 Å². The summed E-state index contributed by atoms with van der Waals surface area (Å²) in [6.07, 6.45) is 9.10. The summed E-state index contributed by atoms with van der Waals surface area (Å²) in [4.78, 5) is 7.19. The van der Waals surface area contributed by atoms with Gasteiger partial charge in [-0.1, -0.05) is 0 Å². The van der Waals surface area contributed by atoms with Crippen molar-refractivity contribution >= 4 is 24.8 Å². The highest BCUT2D eigenvalue weighted by Gasteiger charge is 2.39. The standard InChI is InChI=1S/C23H26N6O.H2S/c1-2-30-19-10-20(22-18(11-24)13-27-29(22)14-19)17-4-5-21(26-12-17)28-9-7-23(16-28)6-3-8-25-15-23;/h4-5,10,12-14,25H,2-3,6-9,15-16H2,1H3;1H2/t23-;/m0./s1. The minimum Gasteiger partial charge on any atom is -0.492 e. The maximum Gasteiger partial charge on any atom is 0.138 e. The first-order valence-electron chi connectivity index (χ1n) is 10.7. The molecule has 0 bridgehead atoms. The zero-order valence-electron chi connectivity index (χ0n) is 17.8. The molecule has 0 amide bonds. The van der Waals surface area contributed by atoms with Gasteiger partial charge in [0, 0.05) is 42.4 Å². The second-order valence-electron chi connectivity index (χ2n) is 8.34. The fourth-order valence-corrected chi connectivity index (χ4v) is 4.89. The van der Waals surface area contributed by atoms with Crippen LogP contribution in [0.1, 0.15) is 31.7 Å². The van der Waals surface area contributed by atoms with Crippen LogP contribution < -0.4 is 15.0 Å². The van der Waals surface area contributed by atoms with E-state index in [1.807, 2.05) is 25.4 Å². The molecule has 1 atom stereocenters. The number of ether oxygens (including phenoxy) is 1. The van der Waals surface area contributed by atoms with Gasteiger partial charge in [0.1, 0.15) is 17.6 Å². The first-order chi connectivity index (χ1) is 14.7. The Morgan fingerprint density at radius 3 is 2.90 bits per heavy atom. The lowest BCUT2D eigenvalue weighted by atomic mass is 9.80. The fraction of sp³-hybridized carbons (Fsp3) is 0.435. The molecule has 1 N–H and O–H groups in total. The number of nitriles is 1. The van der Waals surface area contributed by atoms with Gasteiger partial charge in [-0.05, 0) is 50.9 Å². The van der Waals surface area contributed by atoms with Crippen molar-refractivity contribution in [1.82, 2.24) is 19.9 Å². The molecule has 2 aliphatic rings. The lowest BCUT2D eigenvalue weighted by molar-refractivity contribution is 0.239. The van der Waals surface area contributed by atoms with Crippen molar-refractivity contribution in [3.63, 3.8) is 0 Å². The van der Waals surface area contributed by atoms with E-state index in [0.29, 0.717) is 17.6 Å². The average molecular weight is 437 g/mol. The van der Waals surface area contributed by atoms with Gasteiger partial charge in [-0.25, -0.2) is 9.50 Å². The van der Waals surface area contributed by atoms with Crippen molar-refractivity contribution in [2.45, 2.75) is 26.2 Å². The van der Waals surface area contributed by atoms with Crippen molar-refractivity contribution in [2.75, 3.05) is 37.7 Å². The quantitative estimate of drug-likeness (QED) is 0.676. The molecule has 8 heteroatoms. The summed E-state index contributed by atoms with van der Waals surface area (Å²) < 4.78 is 7.42. The van der Waals surface area contributed by atoms with Gasteiger partial charge in [0.2, 0.25) is 0 Å². The monoisotopic (exact) mass is 436 g/mol. The van der Waals surface area contributed by atoms with E-state index in [9.17, 15) is 5.26 Å². The van der Waals surface area contributed by atoms with E-state index in [2.05, 4.69) is 33.5 Å². The van der Waals surface area contributed by atoms with E-state index in [-0.39, 0.29) is 13.5 Å². The molecule has 2 aliphatic heterocycles. The number of piperidine rings is 1. The lowest BCUT2D eigenvalue weighted by Crippen LogP contribution is -2.42. The summed E-state index contributed by atoms with van der Waals surface area (Å²) in [5.74, 6) is 1.75. The number of anilines is 1. The number of fused-ring (bicyclic) bond motifs is 1. The normalized spacial score (nSPS) is 20.6. The average Bonchev–Trinajstić information content (AvgIpc) is 3.38. The summed E-state index contributed by atoms with van der Waals surface area (Å²) in [6, 6.07) is 8.39. The van der Waals surface area contributed by atoms with Crippen LogP contribution >= 0.6 is 13.5 Å². The number of aromatic nitrogens is 3. The molecule has 3 aromatic heterocycles. The van der Waals surface area contributed by atoms with Gasteiger partial charge in [0.25, 0.3) is 0 Å². The van der Waals surface area contributed by atoms with Gasteiger partial charge < -0.3 is 15.0 Å². The maximum atomic E-state index is 9.52. The van der Waals surface area contributed by atoms with E-state index in [1.54, 1.807) is 10.7 Å². The third kappa shape index (κ3) is 3.95. The molecule has 3 aromatic rings. The molecule has 0 saturated carbocycles. The van der Waals surface area contributed by atoms with Crippen LogP contribution in [-0.2, 0) is 0 Å². The molecule has 0 aromatic carbocycles. The first kappa shape index (κ1) is 21.5. The van der Waals surface area contributed by atoms with Gasteiger partial charge in [0.05, 0.1) is 30.1 Å². The molecule has 0 unspecified atom stereocenters. The Hall–Kier alpha value is -2.76. The molecule has 162 valence electrons. The number of hydrogen-bond acceptors (Lipinski definition) is 6. The summed E-state index contributed by atoms with van der Waals surface area (Å²) in [5, 5.41) is 17.4. The van der Waals surface area contributed by atoms with Crippen molar-refractivity contribution in [2.24, 2.45) is 5.41 Å². The molecule has 0 radical (unpaired) electrons. The molecule has 2 saturated heterocycles. The Labute approximate surface area is 189 Å². The molecule has 2 fully saturated rings. The van der Waals surface area contributed by atoms with Crippen molar-refractivity contribution in [1.29, 1.82) is 5.26 Å². The van der Waals surface area contributed by atoms with Gasteiger partial charge in [-0.3, -0.25) is 0 Å². The van der Waals surface area contributed by atoms with E-state index in [4.69, 9.17) is 9.72 Å². The molecule has 1 spiro atoms. The van der Waals surface area contributed by atoms with Crippen LogP contribution in [0.3, 0.4) is 0 Å². The molecular formula is C23H28N6OS. The Kier molecular flexibility index (Phi) is 6.08. The second kappa shape index (κ2) is 8.77. The number of pyridine rings is 2. The smallest absolute Gasteiger partial charge is 0.138 e. The predicted octanol–water partition coefficient (Wildman–Crippen LogP) is 3.36. The molecular weight excluding hydrogens is 408 g/mol. The van der Waals surface area contributed by atoms with Gasteiger partial charge in [-0.2, -0.15) is 23.9 Å². The van der Waals surface area contributed by atoms with Crippen LogP contribution in [0.15, 0.2) is 36.8 Å². The van der Waals surface area contributed by atoms with E-state index < -0.39 is 0 Å². The molecule has 5 heterocycles. The lowest BCUT2D eigenvalue weighted by Gasteiger charge is -2.33. The summed E-state index contributed by atoms with van der Waals surface area (Å²) in [7, 11) is 0. The first-order valence-corrected chi connectivity index (χ1v) is 10.7. The second-order valence-corrected chi connectivity index (χ2v) is 8.34. The SMILES string of the molecule is CCOc1cc(-c2ccc(N3CC[C@]4(CCCNC4)C3)nc2)c2c(C#N)cnn2c1.S. The third-order valence-corrected chi connectivity index (χ3v) is 6.40. The third-order valence-electron chi connectivity index (χ3n) is 6.40. The van der Waals surface area contributed by atoms with Crippen molar-refractivity contribution < 1.29 is 4.74 Å². The van der Waals surface area contributed by atoms with Crippen LogP contribution in [0, 0.1) is 16.7 Å². The van der Waals surface area contributed by atoms with Crippen molar-refractivity contribution in [3.05, 3.63) is 42.4 Å². The van der Waals surface area contributed by atoms with Crippen LogP contribution in [0.25, 0.3) is 16.6 Å². The molecule has 7 nitrogen and oxygen atoms in total. The topological polar surface area (TPSA) is 78.5 Å². The number of hydrogen-bond donors (Lipinski definition) is 1. The number of nitrogens with one attached hydrogen (secondary N) is 1.